The van der Waals surface area contributed by atoms with E-state index in [9.17, 15) is 0 Å². The van der Waals surface area contributed by atoms with Crippen LogP contribution in [0.1, 0.15) is 45.6 Å². The van der Waals surface area contributed by atoms with Gasteiger partial charge in [0.2, 0.25) is 0 Å². The number of benzene rings is 1. The van der Waals surface area contributed by atoms with Crippen molar-refractivity contribution in [3.63, 3.8) is 0 Å². The predicted molar refractivity (Wildman–Crippen MR) is 86.4 cm³/mol. The van der Waals surface area contributed by atoms with Crippen molar-refractivity contribution in [2.45, 2.75) is 52.1 Å². The number of piperidine rings is 1. The van der Waals surface area contributed by atoms with E-state index in [0.29, 0.717) is 18.7 Å². The van der Waals surface area contributed by atoms with Crippen LogP contribution in [0.3, 0.4) is 0 Å². The third kappa shape index (κ3) is 3.90. The number of ether oxygens (including phenoxy) is 2. The van der Waals surface area contributed by atoms with Gasteiger partial charge in [0, 0.05) is 12.1 Å². The molecule has 0 amide bonds. The minimum Gasteiger partial charge on any atom is -0.493 e. The predicted octanol–water partition coefficient (Wildman–Crippen LogP) is 3.69. The Kier molecular flexibility index (Phi) is 5.48. The third-order valence-electron chi connectivity index (χ3n) is 3.97. The molecule has 1 heterocycles. The van der Waals surface area contributed by atoms with Gasteiger partial charge in [-0.3, -0.25) is 5.01 Å². The molecule has 2 atom stereocenters. The summed E-state index contributed by atoms with van der Waals surface area (Å²) in [6.07, 6.45) is 5.64. The lowest BCUT2D eigenvalue weighted by atomic mass is 10.00. The van der Waals surface area contributed by atoms with Crippen molar-refractivity contribution >= 4 is 6.21 Å². The molecule has 1 aromatic rings. The molecule has 0 aliphatic carbocycles. The maximum atomic E-state index is 5.53. The first-order valence-corrected chi connectivity index (χ1v) is 7.78. The molecule has 2 rings (SSSR count). The van der Waals surface area contributed by atoms with Crippen LogP contribution in [-0.4, -0.2) is 37.0 Å². The minimum absolute atomic E-state index is 0.509. The lowest BCUT2D eigenvalue weighted by molar-refractivity contribution is 0.109. The highest BCUT2D eigenvalue weighted by molar-refractivity contribution is 5.80. The van der Waals surface area contributed by atoms with Crippen molar-refractivity contribution < 1.29 is 9.47 Å². The smallest absolute Gasteiger partial charge is 0.161 e. The maximum absolute atomic E-state index is 5.53. The van der Waals surface area contributed by atoms with Gasteiger partial charge in [0.15, 0.2) is 11.5 Å². The number of methoxy groups -OCH3 is 1. The van der Waals surface area contributed by atoms with Crippen LogP contribution in [0.5, 0.6) is 11.5 Å². The fraction of sp³-hybridized carbons (Fsp3) is 0.588. The molecule has 0 aromatic heterocycles. The van der Waals surface area contributed by atoms with Crippen molar-refractivity contribution in [3.05, 3.63) is 23.8 Å². The van der Waals surface area contributed by atoms with Gasteiger partial charge < -0.3 is 9.47 Å². The van der Waals surface area contributed by atoms with Gasteiger partial charge in [-0.2, -0.15) is 5.10 Å². The SMILES string of the molecule is CCOc1ccc(/C=N\N2[C@@H](C)CCC[C@@H]2C)cc1OC. The molecule has 21 heavy (non-hydrogen) atoms. The average molecular weight is 290 g/mol. The van der Waals surface area contributed by atoms with Gasteiger partial charge in [-0.25, -0.2) is 0 Å². The molecule has 0 N–H and O–H groups in total. The van der Waals surface area contributed by atoms with Crippen LogP contribution >= 0.6 is 0 Å². The Balaban J connectivity index is 2.13. The second-order valence-corrected chi connectivity index (χ2v) is 5.60. The van der Waals surface area contributed by atoms with Crippen LogP contribution in [0, 0.1) is 0 Å². The molecule has 0 unspecified atom stereocenters. The van der Waals surface area contributed by atoms with Crippen LogP contribution in [0.4, 0.5) is 0 Å². The molecule has 0 spiro atoms. The zero-order chi connectivity index (χ0) is 15.2. The van der Waals surface area contributed by atoms with E-state index in [2.05, 4.69) is 24.0 Å². The molecule has 1 fully saturated rings. The molecule has 1 aromatic carbocycles. The van der Waals surface area contributed by atoms with Gasteiger partial charge in [0.05, 0.1) is 19.9 Å². The van der Waals surface area contributed by atoms with Crippen molar-refractivity contribution in [3.8, 4) is 11.5 Å². The Morgan fingerprint density at radius 3 is 2.57 bits per heavy atom. The first kappa shape index (κ1) is 15.7. The standard InChI is InChI=1S/C17H26N2O2/c1-5-21-16-10-9-15(11-17(16)20-4)12-18-19-13(2)7-6-8-14(19)3/h9-14H,5-8H2,1-4H3/b18-12-/t13-,14-/m0/s1. The summed E-state index contributed by atoms with van der Waals surface area (Å²) in [5, 5.41) is 6.89. The fourth-order valence-electron chi connectivity index (χ4n) is 2.81. The Morgan fingerprint density at radius 1 is 1.24 bits per heavy atom. The van der Waals surface area contributed by atoms with Gasteiger partial charge >= 0.3 is 0 Å². The number of hydrogen-bond acceptors (Lipinski definition) is 4. The Bertz CT molecular complexity index is 478. The first-order chi connectivity index (χ1) is 10.2. The first-order valence-electron chi connectivity index (χ1n) is 7.78. The van der Waals surface area contributed by atoms with Gasteiger partial charge in [0.1, 0.15) is 0 Å². The van der Waals surface area contributed by atoms with Crippen LogP contribution in [-0.2, 0) is 0 Å². The molecule has 0 radical (unpaired) electrons. The highest BCUT2D eigenvalue weighted by atomic mass is 16.5. The highest BCUT2D eigenvalue weighted by Crippen LogP contribution is 2.28. The van der Waals surface area contributed by atoms with Crippen LogP contribution < -0.4 is 9.47 Å². The largest absolute Gasteiger partial charge is 0.493 e. The Labute approximate surface area is 127 Å². The summed E-state index contributed by atoms with van der Waals surface area (Å²) in [4.78, 5) is 0. The van der Waals surface area contributed by atoms with Crippen molar-refractivity contribution in [2.24, 2.45) is 5.10 Å². The summed E-state index contributed by atoms with van der Waals surface area (Å²) < 4.78 is 10.9. The van der Waals surface area contributed by atoms with E-state index in [0.717, 1.165) is 17.1 Å². The summed E-state index contributed by atoms with van der Waals surface area (Å²) in [7, 11) is 1.66. The summed E-state index contributed by atoms with van der Waals surface area (Å²) >= 11 is 0. The van der Waals surface area contributed by atoms with Crippen LogP contribution in [0.15, 0.2) is 23.3 Å². The van der Waals surface area contributed by atoms with E-state index < -0.39 is 0 Å². The topological polar surface area (TPSA) is 34.1 Å². The molecule has 0 saturated carbocycles. The van der Waals surface area contributed by atoms with E-state index in [-0.39, 0.29) is 0 Å². The highest BCUT2D eigenvalue weighted by Gasteiger charge is 2.22. The van der Waals surface area contributed by atoms with Gasteiger partial charge in [-0.1, -0.05) is 0 Å². The normalized spacial score (nSPS) is 22.6. The average Bonchev–Trinajstić information content (AvgIpc) is 2.48. The second-order valence-electron chi connectivity index (χ2n) is 5.60. The van der Waals surface area contributed by atoms with E-state index in [1.54, 1.807) is 7.11 Å². The minimum atomic E-state index is 0.509. The summed E-state index contributed by atoms with van der Waals surface area (Å²) in [5.41, 5.74) is 1.03. The molecule has 116 valence electrons. The van der Waals surface area contributed by atoms with E-state index in [1.807, 2.05) is 31.3 Å². The monoisotopic (exact) mass is 290 g/mol. The van der Waals surface area contributed by atoms with Gasteiger partial charge in [-0.15, -0.1) is 0 Å². The maximum Gasteiger partial charge on any atom is 0.161 e. The summed E-state index contributed by atoms with van der Waals surface area (Å²) in [6.45, 7) is 7.08. The summed E-state index contributed by atoms with van der Waals surface area (Å²) in [6, 6.07) is 6.93. The second kappa shape index (κ2) is 7.34. The molecule has 1 saturated heterocycles. The fourth-order valence-corrected chi connectivity index (χ4v) is 2.81. The number of rotatable bonds is 5. The molecular weight excluding hydrogens is 264 g/mol. The lowest BCUT2D eigenvalue weighted by Crippen LogP contribution is -2.39. The molecule has 0 bridgehead atoms. The molecular formula is C17H26N2O2. The number of nitrogens with zero attached hydrogens (tertiary/aromatic N) is 2. The van der Waals surface area contributed by atoms with E-state index in [4.69, 9.17) is 9.47 Å². The molecule has 1 aliphatic rings. The van der Waals surface area contributed by atoms with Crippen molar-refractivity contribution in [2.75, 3.05) is 13.7 Å². The Morgan fingerprint density at radius 2 is 1.95 bits per heavy atom. The van der Waals surface area contributed by atoms with Crippen molar-refractivity contribution in [1.82, 2.24) is 5.01 Å². The summed E-state index contributed by atoms with van der Waals surface area (Å²) in [5.74, 6) is 1.53. The molecule has 4 heteroatoms. The zero-order valence-corrected chi connectivity index (χ0v) is 13.5. The van der Waals surface area contributed by atoms with E-state index >= 15 is 0 Å². The molecule has 4 nitrogen and oxygen atoms in total. The quantitative estimate of drug-likeness (QED) is 0.776. The number of hydrazone groups is 1. The van der Waals surface area contributed by atoms with Crippen LogP contribution in [0.2, 0.25) is 0 Å². The Hall–Kier alpha value is -1.71. The van der Waals surface area contributed by atoms with Crippen LogP contribution in [0.25, 0.3) is 0 Å². The third-order valence-corrected chi connectivity index (χ3v) is 3.97. The lowest BCUT2D eigenvalue weighted by Gasteiger charge is -2.36. The van der Waals surface area contributed by atoms with Gasteiger partial charge in [0.25, 0.3) is 0 Å². The zero-order valence-electron chi connectivity index (χ0n) is 13.5. The van der Waals surface area contributed by atoms with Gasteiger partial charge in [-0.05, 0) is 63.8 Å². The molecule has 1 aliphatic heterocycles. The van der Waals surface area contributed by atoms with E-state index in [1.165, 1.54) is 19.3 Å². The van der Waals surface area contributed by atoms with Crippen molar-refractivity contribution in [1.29, 1.82) is 0 Å². The number of hydrogen-bond donors (Lipinski definition) is 0.